The number of allylic oxidation sites excluding steroid dienone is 4. The Labute approximate surface area is 184 Å². The highest BCUT2D eigenvalue weighted by Crippen LogP contribution is 2.60. The van der Waals surface area contributed by atoms with Crippen LogP contribution in [0.4, 0.5) is 0 Å². The fourth-order valence-corrected chi connectivity index (χ4v) is 6.86. The topological polar surface area (TPSA) is 60.7 Å². The van der Waals surface area contributed by atoms with Crippen molar-refractivity contribution in [2.45, 2.75) is 110 Å². The first-order chi connectivity index (χ1) is 14.0. The molecule has 3 aliphatic rings. The van der Waals surface area contributed by atoms with Gasteiger partial charge in [-0.25, -0.2) is 0 Å². The first-order valence-corrected chi connectivity index (χ1v) is 12.2. The molecule has 0 spiro atoms. The zero-order valence-electron chi connectivity index (χ0n) is 19.7. The largest absolute Gasteiger partial charge is 0.393 e. The summed E-state index contributed by atoms with van der Waals surface area (Å²) < 4.78 is 0. The molecule has 3 nitrogen and oxygen atoms in total. The molecule has 6 atom stereocenters. The van der Waals surface area contributed by atoms with Gasteiger partial charge in [-0.2, -0.15) is 0 Å². The van der Waals surface area contributed by atoms with Crippen LogP contribution in [0.5, 0.6) is 0 Å². The third-order valence-electron chi connectivity index (χ3n) is 8.29. The average Bonchev–Trinajstić information content (AvgIpc) is 2.98. The number of hydrogen-bond acceptors (Lipinski definition) is 3. The van der Waals surface area contributed by atoms with Crippen molar-refractivity contribution in [2.75, 3.05) is 0 Å². The summed E-state index contributed by atoms with van der Waals surface area (Å²) in [6.07, 6.45) is 13.8. The van der Waals surface area contributed by atoms with Crippen LogP contribution in [0, 0.1) is 23.2 Å². The van der Waals surface area contributed by atoms with Gasteiger partial charge in [0.1, 0.15) is 0 Å². The molecule has 0 unspecified atom stereocenters. The lowest BCUT2D eigenvalue weighted by Crippen LogP contribution is -2.37. The molecular formula is C27H44O3. The minimum atomic E-state index is -0.813. The van der Waals surface area contributed by atoms with Gasteiger partial charge in [0, 0.05) is 6.42 Å². The number of hydrogen-bond donors (Lipinski definition) is 3. The predicted molar refractivity (Wildman–Crippen MR) is 124 cm³/mol. The summed E-state index contributed by atoms with van der Waals surface area (Å²) in [6.45, 7) is 12.6. The highest BCUT2D eigenvalue weighted by Gasteiger charge is 2.50. The van der Waals surface area contributed by atoms with Crippen molar-refractivity contribution in [3.8, 4) is 0 Å². The number of fused-ring (bicyclic) bond motifs is 1. The molecule has 0 aliphatic heterocycles. The minimum absolute atomic E-state index is 0.219. The quantitative estimate of drug-likeness (QED) is 0.520. The van der Waals surface area contributed by atoms with E-state index < -0.39 is 11.7 Å². The first-order valence-electron chi connectivity index (χ1n) is 12.2. The fraction of sp³-hybridized carbons (Fsp3) is 0.778. The summed E-state index contributed by atoms with van der Waals surface area (Å²) >= 11 is 0. The maximum absolute atomic E-state index is 10.5. The van der Waals surface area contributed by atoms with Gasteiger partial charge in [-0.3, -0.25) is 0 Å². The number of rotatable bonds is 6. The van der Waals surface area contributed by atoms with E-state index in [0.29, 0.717) is 29.6 Å². The smallest absolute Gasteiger partial charge is 0.0616 e. The van der Waals surface area contributed by atoms with Gasteiger partial charge in [0.2, 0.25) is 0 Å². The van der Waals surface area contributed by atoms with Crippen LogP contribution in [0.3, 0.4) is 0 Å². The van der Waals surface area contributed by atoms with E-state index >= 15 is 0 Å². The minimum Gasteiger partial charge on any atom is -0.393 e. The lowest BCUT2D eigenvalue weighted by atomic mass is 9.60. The third kappa shape index (κ3) is 5.47. The molecule has 3 saturated carbocycles. The van der Waals surface area contributed by atoms with Crippen molar-refractivity contribution in [2.24, 2.45) is 23.2 Å². The van der Waals surface area contributed by atoms with E-state index in [9.17, 15) is 15.3 Å². The molecule has 3 heteroatoms. The van der Waals surface area contributed by atoms with E-state index in [4.69, 9.17) is 0 Å². The van der Waals surface area contributed by atoms with Gasteiger partial charge in [0.15, 0.2) is 0 Å². The zero-order valence-corrected chi connectivity index (χ0v) is 19.7. The molecule has 0 heterocycles. The predicted octanol–water partition coefficient (Wildman–Crippen LogP) is 5.70. The van der Waals surface area contributed by atoms with Crippen molar-refractivity contribution < 1.29 is 15.3 Å². The molecule has 3 fully saturated rings. The van der Waals surface area contributed by atoms with Crippen LogP contribution in [0.25, 0.3) is 0 Å². The number of aliphatic hydroxyl groups is 3. The zero-order chi connectivity index (χ0) is 22.1. The maximum atomic E-state index is 10.5. The van der Waals surface area contributed by atoms with Crippen molar-refractivity contribution in [1.82, 2.24) is 0 Å². The molecule has 3 aliphatic carbocycles. The fourth-order valence-electron chi connectivity index (χ4n) is 6.86. The average molecular weight is 417 g/mol. The van der Waals surface area contributed by atoms with Gasteiger partial charge in [-0.1, -0.05) is 43.7 Å². The van der Waals surface area contributed by atoms with Gasteiger partial charge in [0.25, 0.3) is 0 Å². The molecule has 0 aromatic rings. The molecule has 0 saturated heterocycles. The molecule has 30 heavy (non-hydrogen) atoms. The van der Waals surface area contributed by atoms with Crippen molar-refractivity contribution in [1.29, 1.82) is 0 Å². The molecule has 3 rings (SSSR count). The normalized spacial score (nSPS) is 37.4. The van der Waals surface area contributed by atoms with Gasteiger partial charge in [-0.15, -0.1) is 0 Å². The highest BCUT2D eigenvalue weighted by molar-refractivity contribution is 5.36. The lowest BCUT2D eigenvalue weighted by molar-refractivity contribution is 0.000134. The Morgan fingerprint density at radius 3 is 2.63 bits per heavy atom. The summed E-state index contributed by atoms with van der Waals surface area (Å²) in [5.74, 6) is 1.72. The lowest BCUT2D eigenvalue weighted by Gasteiger charge is -2.44. The Balaban J connectivity index is 1.71. The van der Waals surface area contributed by atoms with Crippen LogP contribution in [-0.2, 0) is 0 Å². The number of aliphatic hydroxyl groups excluding tert-OH is 2. The van der Waals surface area contributed by atoms with Crippen LogP contribution in [0.2, 0.25) is 0 Å². The second kappa shape index (κ2) is 9.30. The van der Waals surface area contributed by atoms with Crippen molar-refractivity contribution >= 4 is 0 Å². The summed E-state index contributed by atoms with van der Waals surface area (Å²) in [6, 6.07) is 0. The Hall–Kier alpha value is -0.900. The van der Waals surface area contributed by atoms with E-state index in [1.54, 1.807) is 19.4 Å². The van der Waals surface area contributed by atoms with Crippen LogP contribution in [0.15, 0.2) is 35.5 Å². The van der Waals surface area contributed by atoms with Crippen LogP contribution >= 0.6 is 0 Å². The standard InChI is InChI=1S/C27H44O3/c1-18-8-11-22(28)16-21(18)10-9-20-7-6-14-27(5)24(12-13-25(20)27)19(2)15-23(29)17-26(3,4)30/h9-10,19,22-25,28-30H,1,6-8,11-17H2,2-5H3/b20-9-,21-10-/t19-,22-,23+,24-,25+,27-/m1/s1. The van der Waals surface area contributed by atoms with E-state index in [-0.39, 0.29) is 6.10 Å². The Morgan fingerprint density at radius 2 is 1.93 bits per heavy atom. The second-order valence-corrected chi connectivity index (χ2v) is 11.4. The Bertz CT molecular complexity index is 683. The summed E-state index contributed by atoms with van der Waals surface area (Å²) in [4.78, 5) is 0. The monoisotopic (exact) mass is 416 g/mol. The Morgan fingerprint density at radius 1 is 1.20 bits per heavy atom. The van der Waals surface area contributed by atoms with Gasteiger partial charge in [-0.05, 0) is 100 Å². The molecular weight excluding hydrogens is 372 g/mol. The summed E-state index contributed by atoms with van der Waals surface area (Å²) in [5, 5.41) is 30.6. The summed E-state index contributed by atoms with van der Waals surface area (Å²) in [5.41, 5.74) is 3.49. The first kappa shape index (κ1) is 23.8. The SMILES string of the molecule is C=C1CC[C@@H](O)C/C1=C/C=C1/CCC[C@]2(C)[C@@H]([C@H](C)C[C@H](O)CC(C)(C)O)CC[C@@H]12. The van der Waals surface area contributed by atoms with Gasteiger partial charge >= 0.3 is 0 Å². The van der Waals surface area contributed by atoms with E-state index in [1.807, 2.05) is 0 Å². The van der Waals surface area contributed by atoms with Crippen LogP contribution in [-0.4, -0.2) is 33.1 Å². The van der Waals surface area contributed by atoms with E-state index in [1.165, 1.54) is 43.3 Å². The second-order valence-electron chi connectivity index (χ2n) is 11.4. The molecule has 0 radical (unpaired) electrons. The molecule has 0 aromatic heterocycles. The highest BCUT2D eigenvalue weighted by atomic mass is 16.3. The molecule has 0 aromatic carbocycles. The summed E-state index contributed by atoms with van der Waals surface area (Å²) in [7, 11) is 0. The van der Waals surface area contributed by atoms with E-state index in [0.717, 1.165) is 25.7 Å². The van der Waals surface area contributed by atoms with Crippen LogP contribution in [0.1, 0.15) is 91.9 Å². The maximum Gasteiger partial charge on any atom is 0.0616 e. The van der Waals surface area contributed by atoms with Crippen LogP contribution < -0.4 is 0 Å². The Kier molecular flexibility index (Phi) is 7.37. The van der Waals surface area contributed by atoms with Crippen molar-refractivity contribution in [3.63, 3.8) is 0 Å². The van der Waals surface area contributed by atoms with Gasteiger partial charge < -0.3 is 15.3 Å². The third-order valence-corrected chi connectivity index (χ3v) is 8.29. The molecule has 0 amide bonds. The van der Waals surface area contributed by atoms with E-state index in [2.05, 4.69) is 32.6 Å². The van der Waals surface area contributed by atoms with Gasteiger partial charge in [0.05, 0.1) is 17.8 Å². The molecule has 3 N–H and O–H groups in total. The molecule has 170 valence electrons. The molecule has 0 bridgehead atoms. The van der Waals surface area contributed by atoms with Crippen molar-refractivity contribution in [3.05, 3.63) is 35.5 Å².